The summed E-state index contributed by atoms with van der Waals surface area (Å²) >= 11 is 1.68. The van der Waals surface area contributed by atoms with Gasteiger partial charge in [-0.2, -0.15) is 10.6 Å². The quantitative estimate of drug-likeness (QED) is 0.742. The molecule has 0 aliphatic carbocycles. The molecule has 1 saturated heterocycles. The average molecular weight is 408 g/mol. The number of morpholine rings is 1. The van der Waals surface area contributed by atoms with Crippen LogP contribution < -0.4 is 4.74 Å². The van der Waals surface area contributed by atoms with Crippen molar-refractivity contribution in [2.24, 2.45) is 0 Å². The second-order valence-corrected chi connectivity index (χ2v) is 10.1. The van der Waals surface area contributed by atoms with E-state index in [9.17, 15) is 9.11 Å². The number of thioether (sulfide) groups is 1. The highest BCUT2D eigenvalue weighted by molar-refractivity contribution is 8.25. The Morgan fingerprint density at radius 1 is 1.11 bits per heavy atom. The van der Waals surface area contributed by atoms with Crippen molar-refractivity contribution in [2.45, 2.75) is 15.0 Å². The van der Waals surface area contributed by atoms with Gasteiger partial charge in [-0.15, -0.1) is 11.8 Å². The highest BCUT2D eigenvalue weighted by Gasteiger charge is 2.36. The topological polar surface area (TPSA) is 62.2 Å². The first kappa shape index (κ1) is 19.1. The van der Waals surface area contributed by atoms with E-state index in [1.54, 1.807) is 11.8 Å². The van der Waals surface area contributed by atoms with Crippen LogP contribution in [0.5, 0.6) is 5.75 Å². The fourth-order valence-electron chi connectivity index (χ4n) is 3.42. The van der Waals surface area contributed by atoms with Gasteiger partial charge >= 0.3 is 0 Å². The predicted octanol–water partition coefficient (Wildman–Crippen LogP) is 4.35. The smallest absolute Gasteiger partial charge is 0.121 e. The van der Waals surface area contributed by atoms with Crippen LogP contribution in [0.2, 0.25) is 0 Å². The minimum Gasteiger partial charge on any atom is -0.492 e. The molecule has 0 spiro atoms. The molecule has 1 fully saturated rings. The molecule has 0 amide bonds. The second kappa shape index (κ2) is 8.43. The number of benzene rings is 2. The summed E-state index contributed by atoms with van der Waals surface area (Å²) in [7, 11) is -2.77. The third-order valence-corrected chi connectivity index (χ3v) is 8.19. The standard InChI is InChI=1S/C20H25NO4S2/c22-27(23)15-19(26-17-4-2-1-3-5-17)18-7-6-16(14-20(18)27)25-13-10-21-8-11-24-12-9-21/h1-7,14,19,22-23H,8-13,15H2. The Balaban J connectivity index is 1.42. The van der Waals surface area contributed by atoms with E-state index in [0.717, 1.165) is 43.3 Å². The summed E-state index contributed by atoms with van der Waals surface area (Å²) < 4.78 is 32.4. The Morgan fingerprint density at radius 2 is 1.89 bits per heavy atom. The van der Waals surface area contributed by atoms with Crippen LogP contribution >= 0.6 is 22.4 Å². The van der Waals surface area contributed by atoms with Gasteiger partial charge in [-0.3, -0.25) is 14.0 Å². The Kier molecular flexibility index (Phi) is 5.96. The van der Waals surface area contributed by atoms with E-state index < -0.39 is 10.6 Å². The third-order valence-electron chi connectivity index (χ3n) is 4.87. The van der Waals surface area contributed by atoms with Gasteiger partial charge in [0.25, 0.3) is 0 Å². The SMILES string of the molecule is OS1(O)CC(Sc2ccccc2)c2ccc(OCCN3CCOCC3)cc21. The lowest BCUT2D eigenvalue weighted by molar-refractivity contribution is 0.0322. The number of fused-ring (bicyclic) bond motifs is 1. The molecule has 0 radical (unpaired) electrons. The zero-order valence-corrected chi connectivity index (χ0v) is 16.8. The van der Waals surface area contributed by atoms with Crippen LogP contribution in [-0.2, 0) is 4.74 Å². The van der Waals surface area contributed by atoms with Gasteiger partial charge in [0.15, 0.2) is 0 Å². The van der Waals surface area contributed by atoms with Gasteiger partial charge in [-0.1, -0.05) is 24.3 Å². The van der Waals surface area contributed by atoms with Gasteiger partial charge in [0.05, 0.1) is 29.1 Å². The maximum Gasteiger partial charge on any atom is 0.121 e. The molecule has 0 aromatic heterocycles. The number of hydrogen-bond donors (Lipinski definition) is 2. The van der Waals surface area contributed by atoms with Gasteiger partial charge in [-0.25, -0.2) is 0 Å². The van der Waals surface area contributed by atoms with Crippen molar-refractivity contribution in [3.8, 4) is 5.75 Å². The van der Waals surface area contributed by atoms with Gasteiger partial charge in [0, 0.05) is 30.6 Å². The maximum atomic E-state index is 10.6. The molecule has 2 aliphatic rings. The number of ether oxygens (including phenoxy) is 2. The zero-order chi connectivity index (χ0) is 18.7. The van der Waals surface area contributed by atoms with Gasteiger partial charge in [0.1, 0.15) is 12.4 Å². The molecule has 2 aromatic carbocycles. The van der Waals surface area contributed by atoms with E-state index in [0.29, 0.717) is 23.0 Å². The summed E-state index contributed by atoms with van der Waals surface area (Å²) in [5.74, 6) is 1.06. The van der Waals surface area contributed by atoms with Crippen molar-refractivity contribution in [2.75, 3.05) is 45.2 Å². The number of hydrogen-bond acceptors (Lipinski definition) is 6. The molecule has 2 aliphatic heterocycles. The van der Waals surface area contributed by atoms with E-state index in [1.165, 1.54) is 0 Å². The van der Waals surface area contributed by atoms with Crippen molar-refractivity contribution < 1.29 is 18.6 Å². The molecule has 5 nitrogen and oxygen atoms in total. The van der Waals surface area contributed by atoms with Crippen LogP contribution in [0.1, 0.15) is 10.8 Å². The normalized spacial score (nSPS) is 23.0. The predicted molar refractivity (Wildman–Crippen MR) is 110 cm³/mol. The Morgan fingerprint density at radius 3 is 2.67 bits per heavy atom. The fraction of sp³-hybridized carbons (Fsp3) is 0.400. The molecular formula is C20H25NO4S2. The van der Waals surface area contributed by atoms with E-state index in [1.807, 2.05) is 36.4 Å². The molecule has 7 heteroatoms. The van der Waals surface area contributed by atoms with Crippen molar-refractivity contribution in [3.05, 3.63) is 54.1 Å². The summed E-state index contributed by atoms with van der Waals surface area (Å²) in [5, 5.41) is 0.0507. The van der Waals surface area contributed by atoms with Crippen molar-refractivity contribution in [1.29, 1.82) is 0 Å². The third kappa shape index (κ3) is 4.62. The van der Waals surface area contributed by atoms with Crippen LogP contribution in [0.4, 0.5) is 0 Å². The van der Waals surface area contributed by atoms with Crippen LogP contribution in [-0.4, -0.2) is 59.2 Å². The Hall–Kier alpha value is -1.22. The van der Waals surface area contributed by atoms with Crippen molar-refractivity contribution in [1.82, 2.24) is 4.90 Å². The largest absolute Gasteiger partial charge is 0.492 e. The molecule has 0 saturated carbocycles. The van der Waals surface area contributed by atoms with E-state index in [4.69, 9.17) is 9.47 Å². The zero-order valence-electron chi connectivity index (χ0n) is 15.1. The summed E-state index contributed by atoms with van der Waals surface area (Å²) in [4.78, 5) is 4.09. The van der Waals surface area contributed by atoms with Crippen LogP contribution in [0.25, 0.3) is 0 Å². The van der Waals surface area contributed by atoms with Gasteiger partial charge in [0.2, 0.25) is 0 Å². The van der Waals surface area contributed by atoms with Crippen LogP contribution in [0, 0.1) is 0 Å². The molecule has 146 valence electrons. The molecule has 1 unspecified atom stereocenters. The lowest BCUT2D eigenvalue weighted by atomic mass is 10.1. The lowest BCUT2D eigenvalue weighted by Crippen LogP contribution is -2.38. The Labute approximate surface area is 166 Å². The number of rotatable bonds is 6. The summed E-state index contributed by atoms with van der Waals surface area (Å²) in [6.45, 7) is 4.86. The minimum absolute atomic E-state index is 0.0507. The minimum atomic E-state index is -2.77. The first-order chi connectivity index (χ1) is 13.1. The molecule has 27 heavy (non-hydrogen) atoms. The van der Waals surface area contributed by atoms with Gasteiger partial charge in [-0.05, 0) is 23.8 Å². The monoisotopic (exact) mass is 407 g/mol. The van der Waals surface area contributed by atoms with E-state index in [2.05, 4.69) is 17.0 Å². The summed E-state index contributed by atoms with van der Waals surface area (Å²) in [6, 6.07) is 15.8. The first-order valence-electron chi connectivity index (χ1n) is 9.16. The maximum absolute atomic E-state index is 10.6. The summed E-state index contributed by atoms with van der Waals surface area (Å²) in [5.41, 5.74) is 1.00. The molecular weight excluding hydrogens is 382 g/mol. The second-order valence-electron chi connectivity index (χ2n) is 6.76. The number of nitrogens with zero attached hydrogens (tertiary/aromatic N) is 1. The summed E-state index contributed by atoms with van der Waals surface area (Å²) in [6.07, 6.45) is 0. The first-order valence-corrected chi connectivity index (χ1v) is 11.8. The molecule has 0 bridgehead atoms. The molecule has 2 aromatic rings. The van der Waals surface area contributed by atoms with Crippen molar-refractivity contribution in [3.63, 3.8) is 0 Å². The Bertz CT molecular complexity index is 766. The molecule has 4 rings (SSSR count). The highest BCUT2D eigenvalue weighted by atomic mass is 32.3. The lowest BCUT2D eigenvalue weighted by Gasteiger charge is -2.28. The molecule has 1 atom stereocenters. The van der Waals surface area contributed by atoms with Crippen LogP contribution in [0.3, 0.4) is 0 Å². The van der Waals surface area contributed by atoms with Crippen molar-refractivity contribution >= 4 is 22.4 Å². The highest BCUT2D eigenvalue weighted by Crippen LogP contribution is 2.63. The average Bonchev–Trinajstić information content (AvgIpc) is 2.93. The molecule has 2 heterocycles. The van der Waals surface area contributed by atoms with Gasteiger partial charge < -0.3 is 9.47 Å². The van der Waals surface area contributed by atoms with E-state index >= 15 is 0 Å². The molecule has 2 N–H and O–H groups in total. The van der Waals surface area contributed by atoms with Crippen LogP contribution in [0.15, 0.2) is 58.3 Å². The van der Waals surface area contributed by atoms with E-state index in [-0.39, 0.29) is 5.25 Å². The fourth-order valence-corrected chi connectivity index (χ4v) is 6.99.